The quantitative estimate of drug-likeness (QED) is 0.633. The van der Waals surface area contributed by atoms with Gasteiger partial charge >= 0.3 is 15.6 Å². The van der Waals surface area contributed by atoms with E-state index in [-0.39, 0.29) is 12.4 Å². The van der Waals surface area contributed by atoms with Gasteiger partial charge in [-0.2, -0.15) is 21.6 Å². The summed E-state index contributed by atoms with van der Waals surface area (Å²) in [6.45, 7) is 1.20. The fourth-order valence-corrected chi connectivity index (χ4v) is 2.07. The molecule has 2 rings (SSSR count). The van der Waals surface area contributed by atoms with Gasteiger partial charge in [-0.05, 0) is 24.6 Å². The first kappa shape index (κ1) is 13.9. The van der Waals surface area contributed by atoms with Gasteiger partial charge in [0.1, 0.15) is 0 Å². The number of hydrogen-bond donors (Lipinski definition) is 0. The predicted octanol–water partition coefficient (Wildman–Crippen LogP) is 2.34. The van der Waals surface area contributed by atoms with E-state index in [1.807, 2.05) is 0 Å². The molecule has 19 heavy (non-hydrogen) atoms. The van der Waals surface area contributed by atoms with Crippen molar-refractivity contribution in [3.8, 4) is 11.5 Å². The first-order chi connectivity index (χ1) is 8.71. The maximum absolute atomic E-state index is 12.2. The Bertz CT molecular complexity index is 581. The molecule has 0 N–H and O–H groups in total. The Kier molecular flexibility index (Phi) is 3.35. The Labute approximate surface area is 107 Å². The van der Waals surface area contributed by atoms with Crippen molar-refractivity contribution in [3.63, 3.8) is 0 Å². The molecule has 1 aliphatic rings. The van der Waals surface area contributed by atoms with Crippen molar-refractivity contribution in [2.24, 2.45) is 0 Å². The molecule has 1 aromatic rings. The van der Waals surface area contributed by atoms with Crippen LogP contribution in [0.15, 0.2) is 18.2 Å². The number of fused-ring (bicyclic) bond motifs is 1. The van der Waals surface area contributed by atoms with Crippen molar-refractivity contribution in [1.82, 2.24) is 0 Å². The summed E-state index contributed by atoms with van der Waals surface area (Å²) in [5, 5.41) is 0. The van der Waals surface area contributed by atoms with Crippen LogP contribution in [0.1, 0.15) is 18.6 Å². The van der Waals surface area contributed by atoms with E-state index in [4.69, 9.17) is 9.47 Å². The molecule has 106 valence electrons. The zero-order valence-electron chi connectivity index (χ0n) is 9.60. The molecule has 1 heterocycles. The second-order valence-corrected chi connectivity index (χ2v) is 5.31. The van der Waals surface area contributed by atoms with Crippen molar-refractivity contribution >= 4 is 10.1 Å². The van der Waals surface area contributed by atoms with Crippen LogP contribution in [0.3, 0.4) is 0 Å². The van der Waals surface area contributed by atoms with Gasteiger partial charge < -0.3 is 9.47 Å². The Morgan fingerprint density at radius 1 is 1.26 bits per heavy atom. The van der Waals surface area contributed by atoms with Crippen LogP contribution in [0.5, 0.6) is 11.5 Å². The smallest absolute Gasteiger partial charge is 0.454 e. The van der Waals surface area contributed by atoms with Gasteiger partial charge in [0.15, 0.2) is 11.5 Å². The summed E-state index contributed by atoms with van der Waals surface area (Å²) in [4.78, 5) is 0. The van der Waals surface area contributed by atoms with Crippen molar-refractivity contribution in [2.75, 3.05) is 6.79 Å². The Balaban J connectivity index is 2.19. The average Bonchev–Trinajstić information content (AvgIpc) is 2.73. The zero-order chi connectivity index (χ0) is 14.3. The van der Waals surface area contributed by atoms with Crippen LogP contribution in [0.25, 0.3) is 0 Å². The number of rotatable bonds is 3. The Morgan fingerprint density at radius 3 is 2.53 bits per heavy atom. The van der Waals surface area contributed by atoms with Crippen LogP contribution >= 0.6 is 0 Å². The fourth-order valence-electron chi connectivity index (χ4n) is 1.47. The van der Waals surface area contributed by atoms with E-state index in [1.165, 1.54) is 25.1 Å². The van der Waals surface area contributed by atoms with Crippen molar-refractivity contribution in [3.05, 3.63) is 23.8 Å². The van der Waals surface area contributed by atoms with Crippen LogP contribution in [-0.2, 0) is 14.3 Å². The number of benzene rings is 1. The van der Waals surface area contributed by atoms with Gasteiger partial charge in [0.05, 0.1) is 6.10 Å². The van der Waals surface area contributed by atoms with Gasteiger partial charge in [-0.3, -0.25) is 4.18 Å². The molecule has 1 unspecified atom stereocenters. The zero-order valence-corrected chi connectivity index (χ0v) is 10.4. The van der Waals surface area contributed by atoms with E-state index in [1.54, 1.807) is 0 Å². The van der Waals surface area contributed by atoms with Gasteiger partial charge in [-0.25, -0.2) is 0 Å². The number of ether oxygens (including phenoxy) is 2. The van der Waals surface area contributed by atoms with E-state index in [2.05, 4.69) is 4.18 Å². The minimum Gasteiger partial charge on any atom is -0.454 e. The largest absolute Gasteiger partial charge is 0.523 e. The highest BCUT2D eigenvalue weighted by Gasteiger charge is 2.48. The second-order valence-electron chi connectivity index (χ2n) is 3.75. The molecule has 0 spiro atoms. The third kappa shape index (κ3) is 2.76. The average molecular weight is 298 g/mol. The fraction of sp³-hybridized carbons (Fsp3) is 0.400. The van der Waals surface area contributed by atoms with Gasteiger partial charge in [-0.1, -0.05) is 6.07 Å². The molecule has 0 saturated heterocycles. The lowest BCUT2D eigenvalue weighted by molar-refractivity contribution is -0.0569. The molecule has 0 radical (unpaired) electrons. The van der Waals surface area contributed by atoms with Gasteiger partial charge in [0.25, 0.3) is 0 Å². The molecule has 0 aliphatic carbocycles. The summed E-state index contributed by atoms with van der Waals surface area (Å²) in [6, 6.07) is 4.25. The summed E-state index contributed by atoms with van der Waals surface area (Å²) in [6.07, 6.45) is -1.29. The molecule has 0 aromatic heterocycles. The highest BCUT2D eigenvalue weighted by atomic mass is 32.2. The van der Waals surface area contributed by atoms with Crippen molar-refractivity contribution in [1.29, 1.82) is 0 Å². The topological polar surface area (TPSA) is 61.8 Å². The van der Waals surface area contributed by atoms with Crippen molar-refractivity contribution < 1.29 is 35.2 Å². The maximum Gasteiger partial charge on any atom is 0.523 e. The lowest BCUT2D eigenvalue weighted by Crippen LogP contribution is -2.26. The summed E-state index contributed by atoms with van der Waals surface area (Å²) >= 11 is 0. The lowest BCUT2D eigenvalue weighted by atomic mass is 10.1. The molecule has 1 atom stereocenters. The van der Waals surface area contributed by atoms with Gasteiger partial charge in [0.2, 0.25) is 6.79 Å². The highest BCUT2D eigenvalue weighted by molar-refractivity contribution is 7.87. The van der Waals surface area contributed by atoms with Crippen LogP contribution in [-0.4, -0.2) is 20.7 Å². The minimum absolute atomic E-state index is 0.00880. The van der Waals surface area contributed by atoms with E-state index in [0.717, 1.165) is 0 Å². The summed E-state index contributed by atoms with van der Waals surface area (Å²) in [5.41, 5.74) is -5.21. The molecular weight excluding hydrogens is 289 g/mol. The SMILES string of the molecule is CC(OS(=O)(=O)C(F)(F)F)c1ccc2c(c1)OCO2. The van der Waals surface area contributed by atoms with E-state index >= 15 is 0 Å². The van der Waals surface area contributed by atoms with Crippen LogP contribution in [0.2, 0.25) is 0 Å². The summed E-state index contributed by atoms with van der Waals surface area (Å²) in [5.74, 6) is 0.770. The van der Waals surface area contributed by atoms with E-state index in [0.29, 0.717) is 11.5 Å². The Morgan fingerprint density at radius 2 is 1.89 bits per heavy atom. The van der Waals surface area contributed by atoms with Gasteiger partial charge in [0, 0.05) is 0 Å². The normalized spacial score (nSPS) is 16.4. The number of hydrogen-bond acceptors (Lipinski definition) is 5. The molecule has 0 saturated carbocycles. The molecular formula is C10H9F3O5S. The van der Waals surface area contributed by atoms with Gasteiger partial charge in [-0.15, -0.1) is 0 Å². The standard InChI is InChI=1S/C10H9F3O5S/c1-6(18-19(14,15)10(11,12)13)7-2-3-8-9(4-7)17-5-16-8/h2-4,6H,5H2,1H3. The monoisotopic (exact) mass is 298 g/mol. The highest BCUT2D eigenvalue weighted by Crippen LogP contribution is 2.36. The van der Waals surface area contributed by atoms with Crippen molar-refractivity contribution in [2.45, 2.75) is 18.5 Å². The molecule has 0 bridgehead atoms. The lowest BCUT2D eigenvalue weighted by Gasteiger charge is -2.15. The third-order valence-corrected chi connectivity index (χ3v) is 3.53. The first-order valence-corrected chi connectivity index (χ1v) is 6.50. The molecule has 1 aromatic carbocycles. The second kappa shape index (κ2) is 4.57. The van der Waals surface area contributed by atoms with Crippen LogP contribution < -0.4 is 9.47 Å². The Hall–Kier alpha value is -1.48. The van der Waals surface area contributed by atoms with Crippen LogP contribution in [0.4, 0.5) is 13.2 Å². The molecule has 0 amide bonds. The number of alkyl halides is 3. The first-order valence-electron chi connectivity index (χ1n) is 5.10. The summed E-state index contributed by atoms with van der Waals surface area (Å²) in [7, 11) is -5.63. The van der Waals surface area contributed by atoms with E-state index < -0.39 is 21.7 Å². The molecule has 0 fully saturated rings. The molecule has 9 heteroatoms. The molecule has 1 aliphatic heterocycles. The predicted molar refractivity (Wildman–Crippen MR) is 57.0 cm³/mol. The number of halogens is 3. The third-order valence-electron chi connectivity index (χ3n) is 2.42. The maximum atomic E-state index is 12.2. The summed E-state index contributed by atoms with van der Waals surface area (Å²) < 4.78 is 72.4. The van der Waals surface area contributed by atoms with Crippen LogP contribution in [0, 0.1) is 0 Å². The molecule has 5 nitrogen and oxygen atoms in total. The van der Waals surface area contributed by atoms with E-state index in [9.17, 15) is 21.6 Å². The minimum atomic E-state index is -5.63.